The average molecular weight is 381 g/mol. The van der Waals surface area contributed by atoms with E-state index < -0.39 is 0 Å². The molecule has 1 aliphatic carbocycles. The molecule has 3 N–H and O–H groups in total. The second kappa shape index (κ2) is 7.02. The molecule has 6 heteroatoms. The van der Waals surface area contributed by atoms with Gasteiger partial charge in [-0.25, -0.2) is 9.97 Å². The SMILES string of the molecule is CN(C)c1ncnc2c1NC1=CC(C)(C)CC([NH2+]Cc3ccccc3)=C1S2. The number of anilines is 2. The molecule has 27 heavy (non-hydrogen) atoms. The van der Waals surface area contributed by atoms with Crippen molar-refractivity contribution in [3.05, 3.63) is 64.6 Å². The van der Waals surface area contributed by atoms with Gasteiger partial charge in [-0.1, -0.05) is 62.0 Å². The van der Waals surface area contributed by atoms with E-state index in [0.717, 1.165) is 29.5 Å². The predicted octanol–water partition coefficient (Wildman–Crippen LogP) is 3.35. The van der Waals surface area contributed by atoms with Gasteiger partial charge < -0.3 is 15.5 Å². The van der Waals surface area contributed by atoms with Gasteiger partial charge in [0, 0.05) is 26.1 Å². The Labute approximate surface area is 165 Å². The van der Waals surface area contributed by atoms with Crippen molar-refractivity contribution in [1.29, 1.82) is 0 Å². The number of rotatable bonds is 4. The lowest BCUT2D eigenvalue weighted by atomic mass is 9.83. The molecule has 0 saturated carbocycles. The zero-order valence-electron chi connectivity index (χ0n) is 16.3. The Kier molecular flexibility index (Phi) is 4.70. The fourth-order valence-electron chi connectivity index (χ4n) is 3.60. The van der Waals surface area contributed by atoms with Crippen molar-refractivity contribution in [1.82, 2.24) is 9.97 Å². The number of hydrogen-bond acceptors (Lipinski definition) is 5. The summed E-state index contributed by atoms with van der Waals surface area (Å²) in [5, 5.41) is 7.00. The molecule has 0 unspecified atom stereocenters. The molecule has 0 bridgehead atoms. The highest BCUT2D eigenvalue weighted by molar-refractivity contribution is 8.03. The zero-order chi connectivity index (χ0) is 19.0. The topological polar surface area (TPSA) is 57.7 Å². The van der Waals surface area contributed by atoms with Crippen molar-refractivity contribution >= 4 is 23.3 Å². The maximum Gasteiger partial charge on any atom is 0.156 e. The maximum atomic E-state index is 4.53. The lowest BCUT2D eigenvalue weighted by Gasteiger charge is -2.33. The number of benzene rings is 1. The number of nitrogens with two attached hydrogens (primary N) is 1. The summed E-state index contributed by atoms with van der Waals surface area (Å²) < 4.78 is 0. The molecular formula is C21H26N5S+. The second-order valence-electron chi connectivity index (χ2n) is 7.97. The van der Waals surface area contributed by atoms with Crippen molar-refractivity contribution < 1.29 is 5.32 Å². The van der Waals surface area contributed by atoms with Gasteiger partial charge in [0.25, 0.3) is 0 Å². The van der Waals surface area contributed by atoms with E-state index in [1.807, 2.05) is 19.0 Å². The lowest BCUT2D eigenvalue weighted by Crippen LogP contribution is -2.81. The average Bonchev–Trinajstić information content (AvgIpc) is 2.64. The Morgan fingerprint density at radius 2 is 1.96 bits per heavy atom. The molecule has 2 aliphatic rings. The van der Waals surface area contributed by atoms with Crippen LogP contribution in [0.3, 0.4) is 0 Å². The number of nitrogens with zero attached hydrogens (tertiary/aromatic N) is 3. The molecule has 0 fully saturated rings. The molecule has 0 amide bonds. The molecule has 0 spiro atoms. The van der Waals surface area contributed by atoms with E-state index in [1.54, 1.807) is 18.1 Å². The molecule has 0 atom stereocenters. The fraction of sp³-hybridized carbons (Fsp3) is 0.333. The summed E-state index contributed by atoms with van der Waals surface area (Å²) in [6.45, 7) is 5.54. The van der Waals surface area contributed by atoms with Gasteiger partial charge in [-0.05, 0) is 5.41 Å². The molecule has 0 saturated heterocycles. The number of thioether (sulfide) groups is 1. The Bertz CT molecular complexity index is 915. The molecule has 1 aromatic carbocycles. The number of allylic oxidation sites excluding steroid dienone is 2. The summed E-state index contributed by atoms with van der Waals surface area (Å²) >= 11 is 1.76. The number of aromatic nitrogens is 2. The minimum Gasteiger partial charge on any atom is -0.361 e. The Hall–Kier alpha value is -2.31. The third-order valence-corrected chi connectivity index (χ3v) is 6.01. The van der Waals surface area contributed by atoms with Crippen LogP contribution in [0, 0.1) is 5.41 Å². The van der Waals surface area contributed by atoms with E-state index in [9.17, 15) is 0 Å². The maximum absolute atomic E-state index is 4.53. The van der Waals surface area contributed by atoms with Crippen LogP contribution in [0.15, 0.2) is 64.1 Å². The largest absolute Gasteiger partial charge is 0.361 e. The molecule has 1 aromatic heterocycles. The van der Waals surface area contributed by atoms with Crippen molar-refractivity contribution in [2.75, 3.05) is 24.3 Å². The van der Waals surface area contributed by atoms with Crippen LogP contribution >= 0.6 is 11.8 Å². The molecule has 1 aliphatic heterocycles. The van der Waals surface area contributed by atoms with Gasteiger partial charge >= 0.3 is 0 Å². The van der Waals surface area contributed by atoms with Crippen LogP contribution in [0.1, 0.15) is 25.8 Å². The lowest BCUT2D eigenvalue weighted by molar-refractivity contribution is -0.626. The van der Waals surface area contributed by atoms with Crippen LogP contribution in [0.25, 0.3) is 0 Å². The van der Waals surface area contributed by atoms with Gasteiger partial charge in [0.15, 0.2) is 5.82 Å². The molecule has 5 nitrogen and oxygen atoms in total. The zero-order valence-corrected chi connectivity index (χ0v) is 17.1. The Morgan fingerprint density at radius 3 is 2.70 bits per heavy atom. The van der Waals surface area contributed by atoms with Crippen molar-refractivity contribution in [3.8, 4) is 0 Å². The Morgan fingerprint density at radius 1 is 1.19 bits per heavy atom. The molecule has 140 valence electrons. The van der Waals surface area contributed by atoms with Crippen LogP contribution in [0.5, 0.6) is 0 Å². The number of nitrogens with one attached hydrogen (secondary N) is 1. The second-order valence-corrected chi connectivity index (χ2v) is 8.97. The minimum atomic E-state index is 0.111. The first-order valence-electron chi connectivity index (χ1n) is 9.24. The van der Waals surface area contributed by atoms with Crippen LogP contribution in [-0.4, -0.2) is 24.1 Å². The summed E-state index contributed by atoms with van der Waals surface area (Å²) in [7, 11) is 4.02. The Balaban J connectivity index is 1.70. The summed E-state index contributed by atoms with van der Waals surface area (Å²) in [5.41, 5.74) is 5.03. The van der Waals surface area contributed by atoms with E-state index in [1.165, 1.54) is 21.9 Å². The van der Waals surface area contributed by atoms with Gasteiger partial charge in [-0.15, -0.1) is 0 Å². The van der Waals surface area contributed by atoms with Gasteiger partial charge in [0.1, 0.15) is 29.3 Å². The van der Waals surface area contributed by atoms with E-state index in [4.69, 9.17) is 0 Å². The highest BCUT2D eigenvalue weighted by Gasteiger charge is 2.35. The van der Waals surface area contributed by atoms with E-state index in [2.05, 4.69) is 70.9 Å². The van der Waals surface area contributed by atoms with Gasteiger partial charge in [-0.3, -0.25) is 0 Å². The number of hydrogen-bond donors (Lipinski definition) is 2. The van der Waals surface area contributed by atoms with Crippen LogP contribution in [-0.2, 0) is 6.54 Å². The molecule has 0 radical (unpaired) electrons. The third kappa shape index (κ3) is 3.73. The summed E-state index contributed by atoms with van der Waals surface area (Å²) in [6.07, 6.45) is 5.04. The number of quaternary nitrogens is 1. The monoisotopic (exact) mass is 380 g/mol. The first-order valence-corrected chi connectivity index (χ1v) is 10.1. The predicted molar refractivity (Wildman–Crippen MR) is 111 cm³/mol. The minimum absolute atomic E-state index is 0.111. The molecule has 2 heterocycles. The van der Waals surface area contributed by atoms with E-state index >= 15 is 0 Å². The van der Waals surface area contributed by atoms with Gasteiger partial charge in [-0.2, -0.15) is 0 Å². The fourth-order valence-corrected chi connectivity index (χ4v) is 4.65. The highest BCUT2D eigenvalue weighted by Crippen LogP contribution is 2.48. The molecule has 2 aromatic rings. The van der Waals surface area contributed by atoms with Crippen molar-refractivity contribution in [3.63, 3.8) is 0 Å². The third-order valence-electron chi connectivity index (χ3n) is 4.82. The van der Waals surface area contributed by atoms with Gasteiger partial charge in [0.05, 0.1) is 10.6 Å². The van der Waals surface area contributed by atoms with Crippen LogP contribution in [0.4, 0.5) is 11.5 Å². The standard InChI is InChI=1S/C21H25N5S/c1-21(2)10-15(22-12-14-8-6-5-7-9-14)18-16(11-21)25-17-19(26(3)4)23-13-24-20(17)27-18/h5-9,11,13,22,25H,10,12H2,1-4H3/p+1. The van der Waals surface area contributed by atoms with Crippen LogP contribution < -0.4 is 15.5 Å². The molecular weight excluding hydrogens is 354 g/mol. The molecule has 4 rings (SSSR count). The highest BCUT2D eigenvalue weighted by atomic mass is 32.2. The first kappa shape index (κ1) is 18.1. The summed E-state index contributed by atoms with van der Waals surface area (Å²) in [6, 6.07) is 10.6. The van der Waals surface area contributed by atoms with Crippen molar-refractivity contribution in [2.24, 2.45) is 5.41 Å². The summed E-state index contributed by atoms with van der Waals surface area (Å²) in [5.74, 6) is 0.922. The summed E-state index contributed by atoms with van der Waals surface area (Å²) in [4.78, 5) is 12.3. The van der Waals surface area contributed by atoms with Gasteiger partial charge in [0.2, 0.25) is 0 Å². The van der Waals surface area contributed by atoms with E-state index in [-0.39, 0.29) is 5.41 Å². The van der Waals surface area contributed by atoms with Crippen molar-refractivity contribution in [2.45, 2.75) is 31.8 Å². The first-order chi connectivity index (χ1) is 12.9. The quantitative estimate of drug-likeness (QED) is 0.797. The number of fused-ring (bicyclic) bond motifs is 2. The normalized spacial score (nSPS) is 17.6. The van der Waals surface area contributed by atoms with Crippen LogP contribution in [0.2, 0.25) is 0 Å². The smallest absolute Gasteiger partial charge is 0.156 e. The van der Waals surface area contributed by atoms with E-state index in [0.29, 0.717) is 0 Å².